The van der Waals surface area contributed by atoms with Crippen LogP contribution in [0.15, 0.2) is 53.4 Å². The van der Waals surface area contributed by atoms with Crippen LogP contribution in [0.5, 0.6) is 0 Å². The first-order chi connectivity index (χ1) is 14.3. The predicted molar refractivity (Wildman–Crippen MR) is 126 cm³/mol. The third-order valence-electron chi connectivity index (χ3n) is 4.72. The molecule has 6 heteroatoms. The summed E-state index contributed by atoms with van der Waals surface area (Å²) in [6.07, 6.45) is 0.362. The minimum absolute atomic E-state index is 0.0239. The van der Waals surface area contributed by atoms with Gasteiger partial charge in [0.25, 0.3) is 0 Å². The van der Waals surface area contributed by atoms with E-state index in [1.54, 1.807) is 23.6 Å². The summed E-state index contributed by atoms with van der Waals surface area (Å²) >= 11 is 7.54. The number of aryl methyl sites for hydroxylation is 1. The van der Waals surface area contributed by atoms with Gasteiger partial charge in [0.15, 0.2) is 0 Å². The Labute approximate surface area is 189 Å². The summed E-state index contributed by atoms with van der Waals surface area (Å²) in [6.45, 7) is 8.95. The van der Waals surface area contributed by atoms with Crippen LogP contribution in [0.25, 0.3) is 0 Å². The Morgan fingerprint density at radius 2 is 1.67 bits per heavy atom. The fourth-order valence-electron chi connectivity index (χ4n) is 2.86. The summed E-state index contributed by atoms with van der Waals surface area (Å²) < 4.78 is 0. The van der Waals surface area contributed by atoms with Crippen LogP contribution in [-0.4, -0.2) is 35.1 Å². The van der Waals surface area contributed by atoms with Gasteiger partial charge < -0.3 is 10.2 Å². The van der Waals surface area contributed by atoms with Gasteiger partial charge in [0.1, 0.15) is 6.04 Å². The lowest BCUT2D eigenvalue weighted by molar-refractivity contribution is -0.140. The normalized spacial score (nSPS) is 11.9. The fraction of sp³-hybridized carbons (Fsp3) is 0.417. The minimum Gasteiger partial charge on any atom is -0.354 e. The van der Waals surface area contributed by atoms with E-state index in [9.17, 15) is 9.59 Å². The second-order valence-electron chi connectivity index (χ2n) is 7.87. The standard InChI is InChI=1S/C24H31ClN2O2S/c1-17(2)15-26-24(29)19(4)27(16-20-7-5-18(3)6-8-20)23(28)13-14-30-22-11-9-21(25)10-12-22/h5-12,17,19H,13-16H2,1-4H3,(H,26,29). The van der Waals surface area contributed by atoms with Crippen molar-refractivity contribution in [2.45, 2.75) is 51.6 Å². The van der Waals surface area contributed by atoms with E-state index in [0.717, 1.165) is 10.5 Å². The number of halogens is 1. The molecule has 1 atom stereocenters. The van der Waals surface area contributed by atoms with Gasteiger partial charge in [0, 0.05) is 35.2 Å². The van der Waals surface area contributed by atoms with Crippen molar-refractivity contribution < 1.29 is 9.59 Å². The molecule has 0 aliphatic carbocycles. The van der Waals surface area contributed by atoms with Crippen LogP contribution in [-0.2, 0) is 16.1 Å². The molecular formula is C24H31ClN2O2S. The lowest BCUT2D eigenvalue weighted by Crippen LogP contribution is -2.48. The molecule has 162 valence electrons. The number of carbonyl (C=O) groups excluding carboxylic acids is 2. The topological polar surface area (TPSA) is 49.4 Å². The molecule has 0 aromatic heterocycles. The SMILES string of the molecule is Cc1ccc(CN(C(=O)CCSc2ccc(Cl)cc2)C(C)C(=O)NCC(C)C)cc1. The second kappa shape index (κ2) is 12.0. The Hall–Kier alpha value is -1.98. The van der Waals surface area contributed by atoms with Crippen LogP contribution in [0.3, 0.4) is 0 Å². The molecule has 30 heavy (non-hydrogen) atoms. The van der Waals surface area contributed by atoms with E-state index in [2.05, 4.69) is 5.32 Å². The van der Waals surface area contributed by atoms with Crippen molar-refractivity contribution >= 4 is 35.2 Å². The number of benzene rings is 2. The first-order valence-corrected chi connectivity index (χ1v) is 11.6. The van der Waals surface area contributed by atoms with Gasteiger partial charge in [0.2, 0.25) is 11.8 Å². The van der Waals surface area contributed by atoms with Crippen molar-refractivity contribution in [3.05, 3.63) is 64.7 Å². The van der Waals surface area contributed by atoms with Gasteiger partial charge in [-0.3, -0.25) is 9.59 Å². The number of hydrogen-bond donors (Lipinski definition) is 1. The lowest BCUT2D eigenvalue weighted by atomic mass is 10.1. The van der Waals surface area contributed by atoms with E-state index < -0.39 is 6.04 Å². The van der Waals surface area contributed by atoms with Gasteiger partial charge in [-0.2, -0.15) is 0 Å². The van der Waals surface area contributed by atoms with Gasteiger partial charge in [-0.05, 0) is 49.6 Å². The smallest absolute Gasteiger partial charge is 0.242 e. The first kappa shape index (κ1) is 24.3. The van der Waals surface area contributed by atoms with Crippen molar-refractivity contribution in [2.75, 3.05) is 12.3 Å². The number of nitrogens with zero attached hydrogens (tertiary/aromatic N) is 1. The fourth-order valence-corrected chi connectivity index (χ4v) is 3.82. The molecule has 4 nitrogen and oxygen atoms in total. The van der Waals surface area contributed by atoms with Gasteiger partial charge in [-0.25, -0.2) is 0 Å². The highest BCUT2D eigenvalue weighted by molar-refractivity contribution is 7.99. The molecule has 2 aromatic carbocycles. The molecule has 1 unspecified atom stereocenters. The Kier molecular flexibility index (Phi) is 9.73. The molecule has 0 spiro atoms. The molecule has 0 aliphatic rings. The quantitative estimate of drug-likeness (QED) is 0.502. The zero-order valence-corrected chi connectivity index (χ0v) is 19.7. The maximum Gasteiger partial charge on any atom is 0.242 e. The Balaban J connectivity index is 2.04. The van der Waals surface area contributed by atoms with Gasteiger partial charge in [0.05, 0.1) is 0 Å². The number of nitrogens with one attached hydrogen (secondary N) is 1. The lowest BCUT2D eigenvalue weighted by Gasteiger charge is -2.29. The monoisotopic (exact) mass is 446 g/mol. The molecule has 0 saturated carbocycles. The minimum atomic E-state index is -0.530. The summed E-state index contributed by atoms with van der Waals surface area (Å²) in [6, 6.07) is 15.1. The molecular weight excluding hydrogens is 416 g/mol. The first-order valence-electron chi connectivity index (χ1n) is 10.3. The van der Waals surface area contributed by atoms with Crippen LogP contribution in [0, 0.1) is 12.8 Å². The number of thioether (sulfide) groups is 1. The van der Waals surface area contributed by atoms with E-state index in [1.807, 2.05) is 69.3 Å². The average molecular weight is 447 g/mol. The molecule has 1 N–H and O–H groups in total. The largest absolute Gasteiger partial charge is 0.354 e. The highest BCUT2D eigenvalue weighted by Crippen LogP contribution is 2.22. The molecule has 0 radical (unpaired) electrons. The van der Waals surface area contributed by atoms with Gasteiger partial charge >= 0.3 is 0 Å². The summed E-state index contributed by atoms with van der Waals surface area (Å²) in [5.41, 5.74) is 2.18. The van der Waals surface area contributed by atoms with Crippen molar-refractivity contribution in [3.63, 3.8) is 0 Å². The van der Waals surface area contributed by atoms with Crippen molar-refractivity contribution in [1.29, 1.82) is 0 Å². The number of hydrogen-bond acceptors (Lipinski definition) is 3. The van der Waals surface area contributed by atoms with Gasteiger partial charge in [-0.1, -0.05) is 55.3 Å². The summed E-state index contributed by atoms with van der Waals surface area (Å²) in [4.78, 5) is 28.4. The molecule has 0 aliphatic heterocycles. The molecule has 2 rings (SSSR count). The van der Waals surface area contributed by atoms with Crippen LogP contribution >= 0.6 is 23.4 Å². The Bertz CT molecular complexity index is 822. The number of amides is 2. The highest BCUT2D eigenvalue weighted by atomic mass is 35.5. The predicted octanol–water partition coefficient (Wildman–Crippen LogP) is 5.32. The van der Waals surface area contributed by atoms with Crippen molar-refractivity contribution in [2.24, 2.45) is 5.92 Å². The van der Waals surface area contributed by atoms with Crippen molar-refractivity contribution in [1.82, 2.24) is 10.2 Å². The van der Waals surface area contributed by atoms with E-state index in [0.29, 0.717) is 36.2 Å². The Morgan fingerprint density at radius 3 is 2.27 bits per heavy atom. The molecule has 2 aromatic rings. The highest BCUT2D eigenvalue weighted by Gasteiger charge is 2.25. The van der Waals surface area contributed by atoms with Crippen molar-refractivity contribution in [3.8, 4) is 0 Å². The summed E-state index contributed by atoms with van der Waals surface area (Å²) in [7, 11) is 0. The van der Waals surface area contributed by atoms with Crippen LogP contribution in [0.2, 0.25) is 5.02 Å². The Morgan fingerprint density at radius 1 is 1.03 bits per heavy atom. The summed E-state index contributed by atoms with van der Waals surface area (Å²) in [5, 5.41) is 3.64. The zero-order chi connectivity index (χ0) is 22.1. The number of carbonyl (C=O) groups is 2. The van der Waals surface area contributed by atoms with E-state index >= 15 is 0 Å². The molecule has 0 saturated heterocycles. The molecule has 0 bridgehead atoms. The van der Waals surface area contributed by atoms with E-state index in [1.165, 1.54) is 5.56 Å². The molecule has 0 fully saturated rings. The third-order valence-corrected chi connectivity index (χ3v) is 5.99. The van der Waals surface area contributed by atoms with Crippen LogP contribution in [0.4, 0.5) is 0 Å². The van der Waals surface area contributed by atoms with Gasteiger partial charge in [-0.15, -0.1) is 11.8 Å². The number of rotatable bonds is 10. The van der Waals surface area contributed by atoms with E-state index in [-0.39, 0.29) is 11.8 Å². The third kappa shape index (κ3) is 8.04. The molecule has 2 amide bonds. The zero-order valence-electron chi connectivity index (χ0n) is 18.2. The summed E-state index contributed by atoms with van der Waals surface area (Å²) in [5.74, 6) is 0.863. The average Bonchev–Trinajstić information content (AvgIpc) is 2.72. The maximum absolute atomic E-state index is 13.1. The maximum atomic E-state index is 13.1. The van der Waals surface area contributed by atoms with E-state index in [4.69, 9.17) is 11.6 Å². The molecule has 0 heterocycles. The van der Waals surface area contributed by atoms with Crippen LogP contribution < -0.4 is 5.32 Å². The van der Waals surface area contributed by atoms with Crippen LogP contribution in [0.1, 0.15) is 38.3 Å². The second-order valence-corrected chi connectivity index (χ2v) is 9.48.